The largest absolute Gasteiger partial charge is 0.463 e. The highest BCUT2D eigenvalue weighted by atomic mass is 35.5. The van der Waals surface area contributed by atoms with Crippen LogP contribution in [0.1, 0.15) is 122 Å². The molecule has 0 aliphatic carbocycles. The number of aromatic nitrogens is 4. The molecular weight excluding hydrogens is 1460 g/mol. The summed E-state index contributed by atoms with van der Waals surface area (Å²) in [5, 5.41) is 23.3. The fraction of sp³-hybridized carbons (Fsp3) is 0.235. The molecule has 20 nitrogen and oxygen atoms in total. The molecule has 12 rings (SSSR count). The summed E-state index contributed by atoms with van der Waals surface area (Å²) >= 11 is 30.5. The first kappa shape index (κ1) is 75.2. The number of amidine groups is 4. The molecule has 520 valence electrons. The van der Waals surface area contributed by atoms with Gasteiger partial charge in [0.25, 0.3) is 0 Å². The average Bonchev–Trinajstić information content (AvgIpc) is 1.29. The summed E-state index contributed by atoms with van der Waals surface area (Å²) in [5.74, 6) is -1.63. The van der Waals surface area contributed by atoms with Crippen LogP contribution in [0.15, 0.2) is 184 Å². The number of halogens is 8. The Balaban J connectivity index is 0.000000156. The fourth-order valence-electron chi connectivity index (χ4n) is 10.2. The molecule has 8 aromatic rings. The monoisotopic (exact) mass is 1520 g/mol. The maximum absolute atomic E-state index is 13.4. The molecule has 4 atom stereocenters. The number of nitrogens with one attached hydrogen (secondary N) is 4. The number of hydrogen-bond acceptors (Lipinski definition) is 24. The molecule has 0 saturated carbocycles. The lowest BCUT2D eigenvalue weighted by Crippen LogP contribution is -2.32. The number of thiazole rings is 4. The van der Waals surface area contributed by atoms with E-state index in [0.717, 1.165) is 0 Å². The van der Waals surface area contributed by atoms with Gasteiger partial charge in [-0.1, -0.05) is 70.7 Å². The Morgan fingerprint density at radius 2 is 0.570 bits per heavy atom. The molecule has 1 unspecified atom stereocenters. The first-order valence-corrected chi connectivity index (χ1v) is 35.4. The smallest absolute Gasteiger partial charge is 0.338 e. The predicted octanol–water partition coefficient (Wildman–Crippen LogP) is 15.5. The molecule has 4 aromatic carbocycles. The van der Waals surface area contributed by atoms with Gasteiger partial charge in [0.15, 0.2) is 43.4 Å². The molecule has 32 heteroatoms. The second-order valence-electron chi connectivity index (χ2n) is 21.1. The van der Waals surface area contributed by atoms with Crippen molar-refractivity contribution in [3.8, 4) is 0 Å². The van der Waals surface area contributed by atoms with Crippen LogP contribution in [0.3, 0.4) is 0 Å². The van der Waals surface area contributed by atoms with Crippen molar-refractivity contribution in [1.29, 1.82) is 0 Å². The molecule has 8 heterocycles. The van der Waals surface area contributed by atoms with Gasteiger partial charge in [-0.25, -0.2) is 56.7 Å². The van der Waals surface area contributed by atoms with E-state index in [1.54, 1.807) is 80.2 Å². The van der Waals surface area contributed by atoms with Crippen LogP contribution in [-0.2, 0) is 38.1 Å². The maximum Gasteiger partial charge on any atom is 0.338 e. The minimum absolute atomic E-state index is 0.198. The molecular formula is C68H60Cl4F4N12O8S4. The van der Waals surface area contributed by atoms with Crippen molar-refractivity contribution in [1.82, 2.24) is 41.2 Å². The van der Waals surface area contributed by atoms with Gasteiger partial charge in [0.2, 0.25) is 0 Å². The van der Waals surface area contributed by atoms with Gasteiger partial charge in [-0.05, 0) is 104 Å². The minimum Gasteiger partial charge on any atom is -0.463 e. The lowest BCUT2D eigenvalue weighted by molar-refractivity contribution is -0.139. The molecule has 100 heavy (non-hydrogen) atoms. The van der Waals surface area contributed by atoms with Crippen LogP contribution >= 0.6 is 91.8 Å². The van der Waals surface area contributed by atoms with E-state index < -0.39 is 71.3 Å². The zero-order valence-corrected chi connectivity index (χ0v) is 60.5. The van der Waals surface area contributed by atoms with Crippen LogP contribution in [0, 0.1) is 23.3 Å². The van der Waals surface area contributed by atoms with Gasteiger partial charge in [0, 0.05) is 111 Å². The van der Waals surface area contributed by atoms with E-state index in [-0.39, 0.29) is 46.5 Å². The molecule has 0 saturated heterocycles. The van der Waals surface area contributed by atoms with Gasteiger partial charge in [-0.15, -0.1) is 45.3 Å². The quantitative estimate of drug-likeness (QED) is 0.0398. The van der Waals surface area contributed by atoms with Crippen LogP contribution in [-0.4, -0.2) is 93.6 Å². The number of carbonyl (C=O) groups is 4. The maximum atomic E-state index is 13.4. The molecule has 0 radical (unpaired) electrons. The number of carbonyl (C=O) groups excluding carboxylic acids is 4. The minimum atomic E-state index is -0.702. The summed E-state index contributed by atoms with van der Waals surface area (Å²) in [6.45, 7) is 14.9. The zero-order chi connectivity index (χ0) is 71.9. The van der Waals surface area contributed by atoms with E-state index in [1.807, 2.05) is 21.5 Å². The van der Waals surface area contributed by atoms with E-state index in [0.29, 0.717) is 111 Å². The number of allylic oxidation sites excluding steroid dienone is 4. The van der Waals surface area contributed by atoms with Gasteiger partial charge >= 0.3 is 23.9 Å². The first-order chi connectivity index (χ1) is 48.0. The second-order valence-corrected chi connectivity index (χ2v) is 26.3. The number of esters is 4. The summed E-state index contributed by atoms with van der Waals surface area (Å²) in [6, 6.07) is 13.3. The molecule has 4 N–H and O–H groups in total. The van der Waals surface area contributed by atoms with Crippen molar-refractivity contribution in [3.63, 3.8) is 0 Å². The Bertz CT molecular complexity index is 4030. The molecule has 0 bridgehead atoms. The standard InChI is InChI=1S/4C17H15ClFN3O2S/c4*1-3-24-17(23)13-9(2)21-15(16-20-6-7-25-16)22-14(13)11-5-4-10(19)8-12(11)18/h4*4-8,14H,3H2,1-2H3,(H,21,22)/t3*14-;/m110./s1. The Morgan fingerprint density at radius 3 is 0.730 bits per heavy atom. The molecule has 4 aliphatic rings. The van der Waals surface area contributed by atoms with Crippen molar-refractivity contribution in [2.75, 3.05) is 26.4 Å². The molecule has 4 aromatic heterocycles. The van der Waals surface area contributed by atoms with E-state index in [4.69, 9.17) is 65.4 Å². The third-order valence-electron chi connectivity index (χ3n) is 14.5. The van der Waals surface area contributed by atoms with Gasteiger partial charge in [0.05, 0.1) is 48.7 Å². The Hall–Kier alpha value is -9.00. The van der Waals surface area contributed by atoms with Crippen LogP contribution in [0.5, 0.6) is 0 Å². The SMILES string of the molecule is CCOC(=O)C1=C(C)NC(c2nccs2)=NC1c1ccc(F)cc1Cl.CCOC(=O)C1=C(C)NC(c2nccs2)=N[C@@H]1c1ccc(F)cc1Cl.CCOC(=O)C1=C(C)NC(c2nccs2)=N[C@@H]1c1ccc(F)cc1Cl.CCOC(=O)C1=C(C)NC(c2nccs2)=N[C@H]1c1ccc(F)cc1Cl. The molecule has 0 spiro atoms. The number of nitrogens with zero attached hydrogens (tertiary/aromatic N) is 8. The molecule has 0 fully saturated rings. The van der Waals surface area contributed by atoms with E-state index in [2.05, 4.69) is 61.2 Å². The van der Waals surface area contributed by atoms with Crippen molar-refractivity contribution in [3.05, 3.63) is 250 Å². The van der Waals surface area contributed by atoms with E-state index in [1.165, 1.54) is 118 Å². The number of rotatable bonds is 16. The van der Waals surface area contributed by atoms with E-state index in [9.17, 15) is 36.7 Å². The van der Waals surface area contributed by atoms with Gasteiger partial charge in [0.1, 0.15) is 47.4 Å². The number of benzene rings is 4. The summed E-state index contributed by atoms with van der Waals surface area (Å²) in [6.07, 6.45) is 6.68. The highest BCUT2D eigenvalue weighted by Gasteiger charge is 2.37. The van der Waals surface area contributed by atoms with Crippen LogP contribution < -0.4 is 21.3 Å². The van der Waals surface area contributed by atoms with Gasteiger partial charge in [-0.3, -0.25) is 20.0 Å². The fourth-order valence-corrected chi connectivity index (χ4v) is 13.6. The zero-order valence-electron chi connectivity index (χ0n) is 54.2. The third-order valence-corrected chi connectivity index (χ3v) is 18.9. The summed E-state index contributed by atoms with van der Waals surface area (Å²) in [5.41, 5.74) is 5.89. The third kappa shape index (κ3) is 18.1. The van der Waals surface area contributed by atoms with Crippen LogP contribution in [0.4, 0.5) is 17.6 Å². The summed E-state index contributed by atoms with van der Waals surface area (Å²) < 4.78 is 74.3. The number of aliphatic imine (C=N–C) groups is 4. The highest BCUT2D eigenvalue weighted by Crippen LogP contribution is 2.41. The van der Waals surface area contributed by atoms with Gasteiger partial charge in [-0.2, -0.15) is 0 Å². The Kier molecular flexibility index (Phi) is 26.2. The Labute approximate surface area is 607 Å². The number of ether oxygens (including phenoxy) is 4. The number of hydrogen-bond donors (Lipinski definition) is 4. The summed E-state index contributed by atoms with van der Waals surface area (Å²) in [4.78, 5) is 85.2. The summed E-state index contributed by atoms with van der Waals surface area (Å²) in [7, 11) is 0. The van der Waals surface area contributed by atoms with Crippen molar-refractivity contribution >= 4 is 139 Å². The average molecular weight is 1520 g/mol. The lowest BCUT2D eigenvalue weighted by atomic mass is 9.96. The topological polar surface area (TPSA) is 254 Å². The first-order valence-electron chi connectivity index (χ1n) is 30.3. The lowest BCUT2D eigenvalue weighted by Gasteiger charge is -2.26. The van der Waals surface area contributed by atoms with Crippen molar-refractivity contribution in [2.45, 2.75) is 79.6 Å². The highest BCUT2D eigenvalue weighted by molar-refractivity contribution is 7.12. The van der Waals surface area contributed by atoms with E-state index >= 15 is 0 Å². The van der Waals surface area contributed by atoms with Gasteiger partial charge < -0.3 is 40.2 Å². The van der Waals surface area contributed by atoms with Crippen LogP contribution in [0.25, 0.3) is 0 Å². The van der Waals surface area contributed by atoms with Crippen molar-refractivity contribution in [2.24, 2.45) is 20.0 Å². The predicted molar refractivity (Wildman–Crippen MR) is 381 cm³/mol. The molecule has 4 aliphatic heterocycles. The second kappa shape index (κ2) is 34.9. The van der Waals surface area contributed by atoms with Crippen LogP contribution in [0.2, 0.25) is 20.1 Å². The van der Waals surface area contributed by atoms with Crippen molar-refractivity contribution < 1.29 is 55.7 Å². The Morgan fingerprint density at radius 1 is 0.370 bits per heavy atom. The normalized spacial score (nSPS) is 17.1. The molecule has 0 amide bonds.